The van der Waals surface area contributed by atoms with Crippen molar-refractivity contribution in [3.63, 3.8) is 0 Å². The van der Waals surface area contributed by atoms with Crippen molar-refractivity contribution in [3.05, 3.63) is 35.9 Å². The molecule has 1 aliphatic rings. The number of nitrogens with zero attached hydrogens (tertiary/aromatic N) is 3. The summed E-state index contributed by atoms with van der Waals surface area (Å²) < 4.78 is 0. The zero-order valence-corrected chi connectivity index (χ0v) is 18.6. The van der Waals surface area contributed by atoms with Gasteiger partial charge in [-0.3, -0.25) is 9.89 Å². The molecule has 0 saturated carbocycles. The number of halogens is 1. The molecule has 25 heavy (non-hydrogen) atoms. The van der Waals surface area contributed by atoms with E-state index in [1.807, 2.05) is 7.05 Å². The molecule has 1 aromatic carbocycles. The molecular weight excluding hydrogens is 425 g/mol. The van der Waals surface area contributed by atoms with E-state index in [2.05, 4.69) is 83.7 Å². The fourth-order valence-electron chi connectivity index (χ4n) is 3.05. The number of piperazine rings is 1. The zero-order chi connectivity index (χ0) is 17.6. The van der Waals surface area contributed by atoms with Crippen molar-refractivity contribution in [2.45, 2.75) is 25.3 Å². The molecule has 0 spiro atoms. The monoisotopic (exact) mass is 459 g/mol. The van der Waals surface area contributed by atoms with Crippen LogP contribution >= 0.6 is 24.0 Å². The van der Waals surface area contributed by atoms with Crippen LogP contribution in [0.15, 0.2) is 35.3 Å². The van der Waals surface area contributed by atoms with E-state index in [4.69, 9.17) is 0 Å². The zero-order valence-electron chi connectivity index (χ0n) is 16.2. The molecular formula is C19H34IN5. The fourth-order valence-corrected chi connectivity index (χ4v) is 3.05. The maximum absolute atomic E-state index is 4.38. The van der Waals surface area contributed by atoms with Gasteiger partial charge in [0.1, 0.15) is 0 Å². The lowest BCUT2D eigenvalue weighted by Crippen LogP contribution is -2.55. The second-order valence-electron chi connectivity index (χ2n) is 7.45. The molecule has 1 aliphatic heterocycles. The Morgan fingerprint density at radius 1 is 1.16 bits per heavy atom. The van der Waals surface area contributed by atoms with Crippen molar-refractivity contribution in [3.8, 4) is 0 Å². The maximum atomic E-state index is 4.38. The van der Waals surface area contributed by atoms with Crippen molar-refractivity contribution in [2.75, 3.05) is 53.9 Å². The Balaban J connectivity index is 0.00000312. The number of rotatable bonds is 5. The Morgan fingerprint density at radius 3 is 2.48 bits per heavy atom. The standard InChI is InChI=1S/C19H33N5.HI/c1-19(2,16-9-7-6-8-10-16)15-22-18(20-3)21-13-17-14-23(4)11-12-24(17)5;/h6-10,17H,11-15H2,1-5H3,(H2,20,21,22);1H. The van der Waals surface area contributed by atoms with Crippen LogP contribution in [0.1, 0.15) is 19.4 Å². The first-order valence-corrected chi connectivity index (χ1v) is 8.81. The van der Waals surface area contributed by atoms with Crippen LogP contribution in [0.3, 0.4) is 0 Å². The third-order valence-corrected chi connectivity index (χ3v) is 4.96. The minimum atomic E-state index is 0. The fraction of sp³-hybridized carbons (Fsp3) is 0.632. The number of aliphatic imine (C=N–C) groups is 1. The van der Waals surface area contributed by atoms with Gasteiger partial charge in [-0.15, -0.1) is 24.0 Å². The average Bonchev–Trinajstić information content (AvgIpc) is 2.58. The molecule has 1 atom stereocenters. The number of benzene rings is 1. The minimum Gasteiger partial charge on any atom is -0.356 e. The van der Waals surface area contributed by atoms with Crippen LogP contribution in [0.5, 0.6) is 0 Å². The highest BCUT2D eigenvalue weighted by atomic mass is 127. The normalized spacial score (nSPS) is 20.0. The number of hydrogen-bond donors (Lipinski definition) is 2. The van der Waals surface area contributed by atoms with Gasteiger partial charge < -0.3 is 15.5 Å². The van der Waals surface area contributed by atoms with E-state index in [0.717, 1.165) is 38.7 Å². The summed E-state index contributed by atoms with van der Waals surface area (Å²) >= 11 is 0. The van der Waals surface area contributed by atoms with Crippen molar-refractivity contribution >= 4 is 29.9 Å². The molecule has 0 aliphatic carbocycles. The highest BCUT2D eigenvalue weighted by Crippen LogP contribution is 2.21. The third-order valence-electron chi connectivity index (χ3n) is 4.96. The number of guanidine groups is 1. The highest BCUT2D eigenvalue weighted by molar-refractivity contribution is 14.0. The lowest BCUT2D eigenvalue weighted by atomic mass is 9.85. The third kappa shape index (κ3) is 6.75. The minimum absolute atomic E-state index is 0. The number of hydrogen-bond acceptors (Lipinski definition) is 3. The number of nitrogens with one attached hydrogen (secondary N) is 2. The average molecular weight is 459 g/mol. The smallest absolute Gasteiger partial charge is 0.191 e. The van der Waals surface area contributed by atoms with Gasteiger partial charge in [-0.1, -0.05) is 44.2 Å². The predicted molar refractivity (Wildman–Crippen MR) is 118 cm³/mol. The van der Waals surface area contributed by atoms with Crippen LogP contribution in [0, 0.1) is 0 Å². The van der Waals surface area contributed by atoms with Gasteiger partial charge in [-0.2, -0.15) is 0 Å². The Kier molecular flexibility index (Phi) is 9.16. The molecule has 0 bridgehead atoms. The van der Waals surface area contributed by atoms with Gasteiger partial charge in [0, 0.05) is 51.2 Å². The van der Waals surface area contributed by atoms with Gasteiger partial charge in [-0.05, 0) is 19.7 Å². The SMILES string of the molecule is CN=C(NCC1CN(C)CCN1C)NCC(C)(C)c1ccccc1.I. The summed E-state index contributed by atoms with van der Waals surface area (Å²) in [5, 5.41) is 6.97. The van der Waals surface area contributed by atoms with E-state index in [1.54, 1.807) is 0 Å². The van der Waals surface area contributed by atoms with Crippen molar-refractivity contribution < 1.29 is 0 Å². The van der Waals surface area contributed by atoms with E-state index in [1.165, 1.54) is 5.56 Å². The summed E-state index contributed by atoms with van der Waals surface area (Å²) in [6.07, 6.45) is 0. The van der Waals surface area contributed by atoms with Crippen molar-refractivity contribution in [2.24, 2.45) is 4.99 Å². The molecule has 1 unspecified atom stereocenters. The van der Waals surface area contributed by atoms with Crippen LogP contribution in [-0.2, 0) is 5.41 Å². The first kappa shape index (κ1) is 22.2. The quantitative estimate of drug-likeness (QED) is 0.402. The van der Waals surface area contributed by atoms with Gasteiger partial charge in [0.25, 0.3) is 0 Å². The second-order valence-corrected chi connectivity index (χ2v) is 7.45. The summed E-state index contributed by atoms with van der Waals surface area (Å²) in [7, 11) is 6.23. The molecule has 1 saturated heterocycles. The topological polar surface area (TPSA) is 42.9 Å². The molecule has 2 N–H and O–H groups in total. The summed E-state index contributed by atoms with van der Waals surface area (Å²) in [4.78, 5) is 9.19. The molecule has 2 rings (SSSR count). The maximum Gasteiger partial charge on any atom is 0.191 e. The van der Waals surface area contributed by atoms with E-state index >= 15 is 0 Å². The Labute approximate surface area is 170 Å². The van der Waals surface area contributed by atoms with Crippen LogP contribution in [0.25, 0.3) is 0 Å². The first-order valence-electron chi connectivity index (χ1n) is 8.81. The van der Waals surface area contributed by atoms with E-state index < -0.39 is 0 Å². The van der Waals surface area contributed by atoms with Crippen molar-refractivity contribution in [1.29, 1.82) is 0 Å². The van der Waals surface area contributed by atoms with E-state index in [-0.39, 0.29) is 29.4 Å². The summed E-state index contributed by atoms with van der Waals surface area (Å²) in [6.45, 7) is 9.62. The molecule has 6 heteroatoms. The summed E-state index contributed by atoms with van der Waals surface area (Å²) in [5.41, 5.74) is 1.39. The van der Waals surface area contributed by atoms with Crippen LogP contribution in [0.4, 0.5) is 0 Å². The van der Waals surface area contributed by atoms with Gasteiger partial charge in [0.15, 0.2) is 5.96 Å². The molecule has 1 fully saturated rings. The Bertz CT molecular complexity index is 532. The van der Waals surface area contributed by atoms with Gasteiger partial charge in [0.2, 0.25) is 0 Å². The van der Waals surface area contributed by atoms with Crippen LogP contribution in [0.2, 0.25) is 0 Å². The molecule has 1 aromatic rings. The number of likely N-dealkylation sites (N-methyl/N-ethyl adjacent to an activating group) is 2. The molecule has 142 valence electrons. The van der Waals surface area contributed by atoms with E-state index in [0.29, 0.717) is 6.04 Å². The second kappa shape index (κ2) is 10.3. The van der Waals surface area contributed by atoms with Crippen molar-refractivity contribution in [1.82, 2.24) is 20.4 Å². The summed E-state index contributed by atoms with van der Waals surface area (Å²) in [5.74, 6) is 0.876. The lowest BCUT2D eigenvalue weighted by Gasteiger charge is -2.38. The Morgan fingerprint density at radius 2 is 1.84 bits per heavy atom. The first-order chi connectivity index (χ1) is 11.4. The molecule has 5 nitrogen and oxygen atoms in total. The van der Waals surface area contributed by atoms with E-state index in [9.17, 15) is 0 Å². The molecule has 1 heterocycles. The van der Waals surface area contributed by atoms with Crippen LogP contribution < -0.4 is 10.6 Å². The molecule has 0 radical (unpaired) electrons. The molecule has 0 amide bonds. The van der Waals surface area contributed by atoms with Gasteiger partial charge >= 0.3 is 0 Å². The Hall–Kier alpha value is -0.860. The predicted octanol–water partition coefficient (Wildman–Crippen LogP) is 1.99. The van der Waals surface area contributed by atoms with Gasteiger partial charge in [-0.25, -0.2) is 0 Å². The molecule has 0 aromatic heterocycles. The lowest BCUT2D eigenvalue weighted by molar-refractivity contribution is 0.116. The van der Waals surface area contributed by atoms with Gasteiger partial charge in [0.05, 0.1) is 0 Å². The highest BCUT2D eigenvalue weighted by Gasteiger charge is 2.23. The summed E-state index contributed by atoms with van der Waals surface area (Å²) in [6, 6.07) is 11.1. The van der Waals surface area contributed by atoms with Crippen LogP contribution in [-0.4, -0.2) is 75.7 Å². The largest absolute Gasteiger partial charge is 0.356 e.